The van der Waals surface area contributed by atoms with Gasteiger partial charge in [-0.3, -0.25) is 9.79 Å². The quantitative estimate of drug-likeness (QED) is 0.251. The fourth-order valence-electron chi connectivity index (χ4n) is 4.85. The van der Waals surface area contributed by atoms with E-state index in [-0.39, 0.29) is 11.3 Å². The zero-order chi connectivity index (χ0) is 25.2. The van der Waals surface area contributed by atoms with Gasteiger partial charge in [-0.15, -0.1) is 0 Å². The predicted molar refractivity (Wildman–Crippen MR) is 149 cm³/mol. The molecular weight excluding hydrogens is 462 g/mol. The Hall–Kier alpha value is -4.84. The molecule has 1 aliphatic heterocycles. The summed E-state index contributed by atoms with van der Waals surface area (Å²) in [4.78, 5) is 16.2. The summed E-state index contributed by atoms with van der Waals surface area (Å²) in [6.07, 6.45) is 0.693. The van der Waals surface area contributed by atoms with E-state index in [0.29, 0.717) is 24.2 Å². The number of phenols is 1. The molecule has 0 amide bonds. The van der Waals surface area contributed by atoms with Gasteiger partial charge < -0.3 is 20.5 Å². The Morgan fingerprint density at radius 2 is 1.68 bits per heavy atom. The van der Waals surface area contributed by atoms with Crippen LogP contribution in [0.4, 0.5) is 5.69 Å². The third-order valence-electron chi connectivity index (χ3n) is 6.58. The molecule has 0 fully saturated rings. The van der Waals surface area contributed by atoms with Crippen LogP contribution in [0.3, 0.4) is 0 Å². The maximum absolute atomic E-state index is 11.9. The zero-order valence-corrected chi connectivity index (χ0v) is 20.1. The molecule has 6 heteroatoms. The molecule has 0 radical (unpaired) electrons. The third kappa shape index (κ3) is 4.34. The summed E-state index contributed by atoms with van der Waals surface area (Å²) in [6, 6.07) is 29.4. The maximum Gasteiger partial charge on any atom is 0.195 e. The Labute approximate surface area is 214 Å². The van der Waals surface area contributed by atoms with E-state index in [1.165, 1.54) is 0 Å². The number of carbonyl (C=O) groups is 1. The van der Waals surface area contributed by atoms with Gasteiger partial charge in [0.25, 0.3) is 0 Å². The number of phenolic OH excluding ortho intramolecular Hbond substituents is 1. The Kier molecular flexibility index (Phi) is 5.91. The maximum atomic E-state index is 11.9. The molecule has 5 aromatic rings. The summed E-state index contributed by atoms with van der Waals surface area (Å²) in [6.45, 7) is 1.93. The monoisotopic (exact) mass is 487 g/mol. The number of hydrogen-bond donors (Lipinski definition) is 3. The summed E-state index contributed by atoms with van der Waals surface area (Å²) in [5, 5.41) is 21.5. The Morgan fingerprint density at radius 1 is 0.892 bits per heavy atom. The molecule has 1 aliphatic rings. The van der Waals surface area contributed by atoms with E-state index >= 15 is 0 Å². The fourth-order valence-corrected chi connectivity index (χ4v) is 4.85. The van der Waals surface area contributed by atoms with Gasteiger partial charge in [-0.1, -0.05) is 66.7 Å². The minimum absolute atomic E-state index is 0.0501. The Balaban J connectivity index is 1.45. The van der Waals surface area contributed by atoms with Crippen LogP contribution in [0.5, 0.6) is 11.5 Å². The van der Waals surface area contributed by atoms with E-state index < -0.39 is 0 Å². The van der Waals surface area contributed by atoms with Crippen LogP contribution in [0.25, 0.3) is 32.7 Å². The molecule has 0 bridgehead atoms. The zero-order valence-electron chi connectivity index (χ0n) is 20.1. The molecule has 0 unspecified atom stereocenters. The number of aliphatic imine (C=N–C) groups is 1. The summed E-state index contributed by atoms with van der Waals surface area (Å²) < 4.78 is 6.42. The minimum atomic E-state index is -0.0501. The van der Waals surface area contributed by atoms with Gasteiger partial charge in [-0.25, -0.2) is 0 Å². The van der Waals surface area contributed by atoms with Gasteiger partial charge in [0.15, 0.2) is 12.2 Å². The summed E-state index contributed by atoms with van der Waals surface area (Å²) in [7, 11) is 0. The lowest BCUT2D eigenvalue weighted by atomic mass is 9.90. The highest BCUT2D eigenvalue weighted by Crippen LogP contribution is 2.46. The van der Waals surface area contributed by atoms with Crippen LogP contribution in [0.2, 0.25) is 0 Å². The number of anilines is 1. The average Bonchev–Trinajstić information content (AvgIpc) is 3.45. The van der Waals surface area contributed by atoms with E-state index in [2.05, 4.69) is 15.6 Å². The molecular formula is C31H25N3O3. The highest BCUT2D eigenvalue weighted by atomic mass is 16.5. The van der Waals surface area contributed by atoms with E-state index in [1.807, 2.05) is 84.9 Å². The number of nitrogens with one attached hydrogen (secondary N) is 2. The van der Waals surface area contributed by atoms with Crippen LogP contribution >= 0.6 is 0 Å². The van der Waals surface area contributed by atoms with Gasteiger partial charge >= 0.3 is 0 Å². The predicted octanol–water partition coefficient (Wildman–Crippen LogP) is 6.13. The second-order valence-corrected chi connectivity index (χ2v) is 8.96. The lowest BCUT2D eigenvalue weighted by Gasteiger charge is -2.18. The van der Waals surface area contributed by atoms with Crippen LogP contribution in [-0.2, 0) is 6.61 Å². The lowest BCUT2D eigenvalue weighted by Crippen LogP contribution is -2.26. The van der Waals surface area contributed by atoms with E-state index in [0.717, 1.165) is 57.4 Å². The first-order valence-electron chi connectivity index (χ1n) is 12.2. The van der Waals surface area contributed by atoms with E-state index in [4.69, 9.17) is 4.74 Å². The molecule has 0 spiro atoms. The molecule has 0 atom stereocenters. The van der Waals surface area contributed by atoms with Gasteiger partial charge in [0.1, 0.15) is 18.1 Å². The molecule has 37 heavy (non-hydrogen) atoms. The number of guanidine groups is 1. The normalized spacial score (nSPS) is 12.8. The van der Waals surface area contributed by atoms with Crippen LogP contribution in [0, 0.1) is 0 Å². The van der Waals surface area contributed by atoms with Crippen molar-refractivity contribution in [3.8, 4) is 22.6 Å². The highest BCUT2D eigenvalue weighted by molar-refractivity contribution is 6.12. The van der Waals surface area contributed by atoms with Crippen molar-refractivity contribution in [3.05, 3.63) is 102 Å². The van der Waals surface area contributed by atoms with Gasteiger partial charge in [0, 0.05) is 23.4 Å². The summed E-state index contributed by atoms with van der Waals surface area (Å²) in [5.74, 6) is 1.35. The molecule has 0 aromatic heterocycles. The van der Waals surface area contributed by atoms with Crippen molar-refractivity contribution >= 4 is 39.5 Å². The number of fused-ring (bicyclic) bond motifs is 2. The fraction of sp³-hybridized carbons (Fsp3) is 0.0968. The molecule has 1 heterocycles. The van der Waals surface area contributed by atoms with Crippen molar-refractivity contribution in [2.75, 3.05) is 18.4 Å². The van der Waals surface area contributed by atoms with Crippen LogP contribution < -0.4 is 15.4 Å². The first-order chi connectivity index (χ1) is 18.2. The van der Waals surface area contributed by atoms with Crippen molar-refractivity contribution in [1.82, 2.24) is 5.32 Å². The number of nitrogens with zero attached hydrogens (tertiary/aromatic N) is 1. The number of benzene rings is 5. The molecule has 0 aliphatic carbocycles. The number of carbonyl (C=O) groups excluding carboxylic acids is 1. The number of ether oxygens (including phenoxy) is 1. The molecule has 182 valence electrons. The van der Waals surface area contributed by atoms with Gasteiger partial charge in [-0.2, -0.15) is 0 Å². The van der Waals surface area contributed by atoms with Crippen molar-refractivity contribution in [3.63, 3.8) is 0 Å². The number of rotatable bonds is 6. The van der Waals surface area contributed by atoms with Crippen molar-refractivity contribution in [1.29, 1.82) is 0 Å². The first kappa shape index (κ1) is 22.6. The highest BCUT2D eigenvalue weighted by Gasteiger charge is 2.20. The van der Waals surface area contributed by atoms with Crippen LogP contribution in [0.15, 0.2) is 96.0 Å². The summed E-state index contributed by atoms with van der Waals surface area (Å²) in [5.41, 5.74) is 3.51. The second-order valence-electron chi connectivity index (χ2n) is 8.96. The van der Waals surface area contributed by atoms with Gasteiger partial charge in [0.05, 0.1) is 12.1 Å². The third-order valence-corrected chi connectivity index (χ3v) is 6.58. The summed E-state index contributed by atoms with van der Waals surface area (Å²) >= 11 is 0. The van der Waals surface area contributed by atoms with Gasteiger partial charge in [-0.05, 0) is 51.4 Å². The molecule has 0 saturated heterocycles. The largest absolute Gasteiger partial charge is 0.507 e. The smallest absolute Gasteiger partial charge is 0.195 e. The minimum Gasteiger partial charge on any atom is -0.507 e. The molecule has 5 aromatic carbocycles. The van der Waals surface area contributed by atoms with E-state index in [9.17, 15) is 9.90 Å². The molecule has 6 nitrogen and oxygen atoms in total. The number of aldehydes is 1. The van der Waals surface area contributed by atoms with Crippen molar-refractivity contribution < 1.29 is 14.6 Å². The molecule has 3 N–H and O–H groups in total. The lowest BCUT2D eigenvalue weighted by molar-refractivity contribution is 0.112. The first-order valence-corrected chi connectivity index (χ1v) is 12.2. The Morgan fingerprint density at radius 3 is 2.46 bits per heavy atom. The SMILES string of the molecule is O=Cc1cc2ccccc2c(-c2c(OCc3cccc(NC4=NCCN4)c3)ccc3ccccc23)c1O. The molecule has 6 rings (SSSR count). The number of aromatic hydroxyl groups is 1. The second kappa shape index (κ2) is 9.66. The van der Waals surface area contributed by atoms with Crippen molar-refractivity contribution in [2.24, 2.45) is 4.99 Å². The standard InChI is InChI=1S/C31H25N3O3/c35-18-23-17-22-8-2-4-11-26(22)29(30(23)36)28-25-10-3-1-7-21(25)12-13-27(28)37-19-20-6-5-9-24(16-20)34-31-32-14-15-33-31/h1-13,16-18,36H,14-15,19H2,(H2,32,33,34). The van der Waals surface area contributed by atoms with Crippen LogP contribution in [-0.4, -0.2) is 30.4 Å². The topological polar surface area (TPSA) is 83.0 Å². The van der Waals surface area contributed by atoms with Crippen LogP contribution in [0.1, 0.15) is 15.9 Å². The van der Waals surface area contributed by atoms with E-state index in [1.54, 1.807) is 6.07 Å². The van der Waals surface area contributed by atoms with Crippen molar-refractivity contribution in [2.45, 2.75) is 6.61 Å². The Bertz CT molecular complexity index is 1680. The number of hydrogen-bond acceptors (Lipinski definition) is 6. The average molecular weight is 488 g/mol. The van der Waals surface area contributed by atoms with Gasteiger partial charge in [0.2, 0.25) is 0 Å². The molecule has 0 saturated carbocycles.